The third-order valence-corrected chi connectivity index (χ3v) is 3.08. The summed E-state index contributed by atoms with van der Waals surface area (Å²) in [7, 11) is 0. The van der Waals surface area contributed by atoms with Crippen molar-refractivity contribution in [3.05, 3.63) is 24.3 Å². The maximum Gasteiger partial charge on any atom is 0.189 e. The zero-order chi connectivity index (χ0) is 11.0. The molecular formula is C12H15N3O. The summed E-state index contributed by atoms with van der Waals surface area (Å²) in [5.41, 5.74) is 2.20. The Morgan fingerprint density at radius 3 is 2.81 bits per heavy atom. The van der Waals surface area contributed by atoms with Crippen LogP contribution in [-0.2, 0) is 0 Å². The van der Waals surface area contributed by atoms with Gasteiger partial charge in [0, 0.05) is 43.3 Å². The first-order chi connectivity index (χ1) is 7.84. The van der Waals surface area contributed by atoms with Crippen LogP contribution in [0.3, 0.4) is 0 Å². The van der Waals surface area contributed by atoms with Crippen molar-refractivity contribution in [2.45, 2.75) is 0 Å². The van der Waals surface area contributed by atoms with Crippen molar-refractivity contribution in [2.75, 3.05) is 31.1 Å². The lowest BCUT2D eigenvalue weighted by molar-refractivity contribution is 0.458. The molecule has 0 amide bonds. The standard InChI is InChI=1S/C12H15N3O/c16-12-8-9-10(14-12)2-1-3-11(9)15-6-4-13-5-7-15/h1-3,8,13-14,16H,4-7H2. The Hall–Kier alpha value is -1.68. The molecule has 0 radical (unpaired) electrons. The fourth-order valence-electron chi connectivity index (χ4n) is 2.31. The molecule has 2 heterocycles. The van der Waals surface area contributed by atoms with Gasteiger partial charge in [-0.1, -0.05) is 6.07 Å². The number of aromatic nitrogens is 1. The fourth-order valence-corrected chi connectivity index (χ4v) is 2.31. The summed E-state index contributed by atoms with van der Waals surface area (Å²) in [5.74, 6) is 0.234. The molecule has 4 heteroatoms. The van der Waals surface area contributed by atoms with Crippen molar-refractivity contribution in [1.82, 2.24) is 10.3 Å². The monoisotopic (exact) mass is 217 g/mol. The van der Waals surface area contributed by atoms with E-state index in [1.807, 2.05) is 12.1 Å². The molecule has 2 aromatic rings. The Balaban J connectivity index is 2.07. The van der Waals surface area contributed by atoms with Crippen LogP contribution in [0.4, 0.5) is 5.69 Å². The lowest BCUT2D eigenvalue weighted by atomic mass is 10.2. The molecule has 1 aromatic carbocycles. The van der Waals surface area contributed by atoms with E-state index in [0.29, 0.717) is 0 Å². The smallest absolute Gasteiger partial charge is 0.189 e. The molecule has 0 spiro atoms. The van der Waals surface area contributed by atoms with Crippen LogP contribution in [0.1, 0.15) is 0 Å². The first-order valence-electron chi connectivity index (χ1n) is 5.61. The summed E-state index contributed by atoms with van der Waals surface area (Å²) >= 11 is 0. The summed E-state index contributed by atoms with van der Waals surface area (Å²) in [6.45, 7) is 4.08. The van der Waals surface area contributed by atoms with Crippen LogP contribution in [0, 0.1) is 0 Å². The van der Waals surface area contributed by atoms with E-state index >= 15 is 0 Å². The largest absolute Gasteiger partial charge is 0.495 e. The summed E-state index contributed by atoms with van der Waals surface area (Å²) in [6.07, 6.45) is 0. The number of fused-ring (bicyclic) bond motifs is 1. The van der Waals surface area contributed by atoms with Gasteiger partial charge in [-0.25, -0.2) is 0 Å². The van der Waals surface area contributed by atoms with E-state index in [2.05, 4.69) is 21.3 Å². The number of hydrogen-bond acceptors (Lipinski definition) is 3. The predicted octanol–water partition coefficient (Wildman–Crippen LogP) is 1.28. The summed E-state index contributed by atoms with van der Waals surface area (Å²) in [4.78, 5) is 5.30. The molecule has 4 nitrogen and oxygen atoms in total. The lowest BCUT2D eigenvalue weighted by Crippen LogP contribution is -2.43. The second kappa shape index (κ2) is 3.72. The molecule has 16 heavy (non-hydrogen) atoms. The van der Waals surface area contributed by atoms with Gasteiger partial charge in [0.2, 0.25) is 0 Å². The average Bonchev–Trinajstić information content (AvgIpc) is 2.70. The number of rotatable bonds is 1. The SMILES string of the molecule is Oc1cc2c(N3CCNCC3)cccc2[nH]1. The molecule has 1 fully saturated rings. The minimum atomic E-state index is 0.234. The molecule has 0 atom stereocenters. The normalized spacial score (nSPS) is 16.9. The van der Waals surface area contributed by atoms with Crippen LogP contribution >= 0.6 is 0 Å². The lowest BCUT2D eigenvalue weighted by Gasteiger charge is -2.29. The van der Waals surface area contributed by atoms with Crippen LogP contribution < -0.4 is 10.2 Å². The van der Waals surface area contributed by atoms with E-state index in [4.69, 9.17) is 0 Å². The highest BCUT2D eigenvalue weighted by atomic mass is 16.3. The third kappa shape index (κ3) is 1.51. The number of nitrogens with one attached hydrogen (secondary N) is 2. The first kappa shape index (κ1) is 9.54. The Labute approximate surface area is 93.9 Å². The number of piperazine rings is 1. The van der Waals surface area contributed by atoms with Crippen molar-refractivity contribution >= 4 is 16.6 Å². The van der Waals surface area contributed by atoms with Gasteiger partial charge in [-0.15, -0.1) is 0 Å². The minimum absolute atomic E-state index is 0.234. The molecular weight excluding hydrogens is 202 g/mol. The molecule has 84 valence electrons. The van der Waals surface area contributed by atoms with Crippen molar-refractivity contribution in [3.8, 4) is 5.88 Å². The maximum absolute atomic E-state index is 9.49. The van der Waals surface area contributed by atoms with Crippen LogP contribution in [-0.4, -0.2) is 36.3 Å². The summed E-state index contributed by atoms with van der Waals surface area (Å²) in [5, 5.41) is 13.9. The van der Waals surface area contributed by atoms with Crippen molar-refractivity contribution in [1.29, 1.82) is 0 Å². The third-order valence-electron chi connectivity index (χ3n) is 3.08. The van der Waals surface area contributed by atoms with E-state index in [1.54, 1.807) is 6.07 Å². The maximum atomic E-state index is 9.49. The van der Waals surface area contributed by atoms with Crippen LogP contribution in [0.15, 0.2) is 24.3 Å². The van der Waals surface area contributed by atoms with E-state index in [0.717, 1.165) is 37.1 Å². The van der Waals surface area contributed by atoms with Gasteiger partial charge in [0.05, 0.1) is 5.52 Å². The Morgan fingerprint density at radius 1 is 1.19 bits per heavy atom. The van der Waals surface area contributed by atoms with Gasteiger partial charge in [-0.05, 0) is 12.1 Å². The van der Waals surface area contributed by atoms with Gasteiger partial charge in [0.15, 0.2) is 5.88 Å². The molecule has 1 aromatic heterocycles. The minimum Gasteiger partial charge on any atom is -0.495 e. The fraction of sp³-hybridized carbons (Fsp3) is 0.333. The molecule has 3 rings (SSSR count). The molecule has 1 aliphatic rings. The number of hydrogen-bond donors (Lipinski definition) is 3. The number of benzene rings is 1. The van der Waals surface area contributed by atoms with Crippen LogP contribution in [0.2, 0.25) is 0 Å². The highest BCUT2D eigenvalue weighted by Gasteiger charge is 2.13. The van der Waals surface area contributed by atoms with Crippen LogP contribution in [0.5, 0.6) is 5.88 Å². The summed E-state index contributed by atoms with van der Waals surface area (Å²) < 4.78 is 0. The number of aromatic amines is 1. The number of nitrogens with zero attached hydrogens (tertiary/aromatic N) is 1. The Bertz CT molecular complexity index is 500. The molecule has 1 saturated heterocycles. The van der Waals surface area contributed by atoms with Gasteiger partial charge in [0.25, 0.3) is 0 Å². The average molecular weight is 217 g/mol. The van der Waals surface area contributed by atoms with Gasteiger partial charge < -0.3 is 20.3 Å². The molecule has 1 aliphatic heterocycles. The van der Waals surface area contributed by atoms with Gasteiger partial charge >= 0.3 is 0 Å². The van der Waals surface area contributed by atoms with E-state index < -0.39 is 0 Å². The molecule has 0 saturated carbocycles. The Kier molecular flexibility index (Phi) is 2.22. The quantitative estimate of drug-likeness (QED) is 0.674. The molecule has 0 unspecified atom stereocenters. The molecule has 0 aliphatic carbocycles. The van der Waals surface area contributed by atoms with Crippen molar-refractivity contribution in [2.24, 2.45) is 0 Å². The van der Waals surface area contributed by atoms with Crippen molar-refractivity contribution in [3.63, 3.8) is 0 Å². The number of anilines is 1. The summed E-state index contributed by atoms with van der Waals surface area (Å²) in [6, 6.07) is 7.92. The molecule has 3 N–H and O–H groups in total. The Morgan fingerprint density at radius 2 is 2.00 bits per heavy atom. The highest BCUT2D eigenvalue weighted by Crippen LogP contribution is 2.29. The van der Waals surface area contributed by atoms with E-state index in [9.17, 15) is 5.11 Å². The topological polar surface area (TPSA) is 51.3 Å². The highest BCUT2D eigenvalue weighted by molar-refractivity contribution is 5.93. The number of H-pyrrole nitrogens is 1. The second-order valence-electron chi connectivity index (χ2n) is 4.13. The zero-order valence-electron chi connectivity index (χ0n) is 9.03. The van der Waals surface area contributed by atoms with Crippen LogP contribution in [0.25, 0.3) is 10.9 Å². The van der Waals surface area contributed by atoms with Gasteiger partial charge in [-0.3, -0.25) is 0 Å². The molecule has 0 bridgehead atoms. The zero-order valence-corrected chi connectivity index (χ0v) is 9.03. The number of aromatic hydroxyl groups is 1. The van der Waals surface area contributed by atoms with Gasteiger partial charge in [-0.2, -0.15) is 0 Å². The second-order valence-corrected chi connectivity index (χ2v) is 4.13. The first-order valence-corrected chi connectivity index (χ1v) is 5.61. The van der Waals surface area contributed by atoms with E-state index in [-0.39, 0.29) is 5.88 Å². The van der Waals surface area contributed by atoms with E-state index in [1.165, 1.54) is 5.69 Å². The van der Waals surface area contributed by atoms with Crippen molar-refractivity contribution < 1.29 is 5.11 Å². The van der Waals surface area contributed by atoms with Gasteiger partial charge in [0.1, 0.15) is 0 Å². The predicted molar refractivity (Wildman–Crippen MR) is 65.0 cm³/mol.